The van der Waals surface area contributed by atoms with Crippen LogP contribution in [-0.4, -0.2) is 18.4 Å². The zero-order valence-corrected chi connectivity index (χ0v) is 13.2. The normalized spacial score (nSPS) is 10.1. The van der Waals surface area contributed by atoms with Gasteiger partial charge in [-0.05, 0) is 42.5 Å². The Kier molecular flexibility index (Phi) is 5.66. The van der Waals surface area contributed by atoms with Gasteiger partial charge in [0.05, 0.1) is 0 Å². The summed E-state index contributed by atoms with van der Waals surface area (Å²) in [7, 11) is 0. The Morgan fingerprint density at radius 2 is 1.82 bits per heavy atom. The van der Waals surface area contributed by atoms with Crippen LogP contribution in [-0.2, 0) is 4.79 Å². The highest BCUT2D eigenvalue weighted by molar-refractivity contribution is 9.10. The van der Waals surface area contributed by atoms with Crippen molar-refractivity contribution in [3.8, 4) is 0 Å². The van der Waals surface area contributed by atoms with Crippen LogP contribution in [0, 0.1) is 5.82 Å². The maximum absolute atomic E-state index is 13.0. The predicted molar refractivity (Wildman–Crippen MR) is 86.1 cm³/mol. The highest BCUT2D eigenvalue weighted by atomic mass is 79.9. The molecular weight excluding hydrogens is 351 g/mol. The van der Waals surface area contributed by atoms with Gasteiger partial charge in [0.1, 0.15) is 5.82 Å². The minimum absolute atomic E-state index is 0.136. The van der Waals surface area contributed by atoms with Crippen LogP contribution in [0.5, 0.6) is 0 Å². The van der Waals surface area contributed by atoms with Crippen molar-refractivity contribution < 1.29 is 14.0 Å². The van der Waals surface area contributed by atoms with Gasteiger partial charge < -0.3 is 10.6 Å². The minimum Gasteiger partial charge on any atom is -0.352 e. The zero-order valence-electron chi connectivity index (χ0n) is 11.6. The number of anilines is 1. The van der Waals surface area contributed by atoms with Crippen LogP contribution in [0.1, 0.15) is 16.8 Å². The molecule has 0 saturated heterocycles. The number of carbonyl (C=O) groups excluding carboxylic acids is 2. The van der Waals surface area contributed by atoms with Gasteiger partial charge in [-0.25, -0.2) is 4.39 Å². The summed E-state index contributed by atoms with van der Waals surface area (Å²) in [6, 6.07) is 12.6. The van der Waals surface area contributed by atoms with E-state index in [0.29, 0.717) is 5.69 Å². The van der Waals surface area contributed by atoms with Gasteiger partial charge >= 0.3 is 0 Å². The molecule has 0 fully saturated rings. The third-order valence-corrected chi connectivity index (χ3v) is 3.38. The zero-order chi connectivity index (χ0) is 15.9. The van der Waals surface area contributed by atoms with E-state index in [2.05, 4.69) is 26.6 Å². The van der Waals surface area contributed by atoms with Crippen molar-refractivity contribution in [1.82, 2.24) is 5.32 Å². The molecule has 0 unspecified atom stereocenters. The molecule has 2 aromatic carbocycles. The molecular formula is C16H14BrFN2O2. The van der Waals surface area contributed by atoms with Gasteiger partial charge in [-0.2, -0.15) is 0 Å². The fraction of sp³-hybridized carbons (Fsp3) is 0.125. The van der Waals surface area contributed by atoms with Crippen molar-refractivity contribution in [3.63, 3.8) is 0 Å². The average molecular weight is 365 g/mol. The molecule has 22 heavy (non-hydrogen) atoms. The van der Waals surface area contributed by atoms with Crippen LogP contribution in [0.15, 0.2) is 53.0 Å². The van der Waals surface area contributed by atoms with Crippen LogP contribution in [0.25, 0.3) is 0 Å². The van der Waals surface area contributed by atoms with Crippen LogP contribution in [0.2, 0.25) is 0 Å². The molecule has 2 aromatic rings. The SMILES string of the molecule is O=C(CCNC(=O)c1cccc(F)c1)Nc1ccc(Br)cc1. The van der Waals surface area contributed by atoms with Crippen LogP contribution < -0.4 is 10.6 Å². The monoisotopic (exact) mass is 364 g/mol. The van der Waals surface area contributed by atoms with E-state index < -0.39 is 11.7 Å². The molecule has 0 atom stereocenters. The van der Waals surface area contributed by atoms with Gasteiger partial charge in [0.25, 0.3) is 5.91 Å². The summed E-state index contributed by atoms with van der Waals surface area (Å²) >= 11 is 3.31. The van der Waals surface area contributed by atoms with Gasteiger partial charge in [0.15, 0.2) is 0 Å². The number of benzene rings is 2. The Hall–Kier alpha value is -2.21. The summed E-state index contributed by atoms with van der Waals surface area (Å²) in [5, 5.41) is 5.30. The highest BCUT2D eigenvalue weighted by Crippen LogP contribution is 2.14. The van der Waals surface area contributed by atoms with E-state index in [1.54, 1.807) is 12.1 Å². The lowest BCUT2D eigenvalue weighted by Crippen LogP contribution is -2.27. The van der Waals surface area contributed by atoms with E-state index in [9.17, 15) is 14.0 Å². The number of hydrogen-bond acceptors (Lipinski definition) is 2. The van der Waals surface area contributed by atoms with Crippen molar-refractivity contribution in [1.29, 1.82) is 0 Å². The first-order valence-corrected chi connectivity index (χ1v) is 7.43. The molecule has 0 saturated carbocycles. The van der Waals surface area contributed by atoms with E-state index in [0.717, 1.165) is 10.5 Å². The molecule has 6 heteroatoms. The number of rotatable bonds is 5. The van der Waals surface area contributed by atoms with Crippen molar-refractivity contribution in [2.45, 2.75) is 6.42 Å². The summed E-state index contributed by atoms with van der Waals surface area (Å²) in [4.78, 5) is 23.5. The maximum Gasteiger partial charge on any atom is 0.251 e. The van der Waals surface area contributed by atoms with E-state index in [1.807, 2.05) is 12.1 Å². The molecule has 4 nitrogen and oxygen atoms in total. The lowest BCUT2D eigenvalue weighted by molar-refractivity contribution is -0.116. The van der Waals surface area contributed by atoms with Crippen molar-refractivity contribution in [3.05, 3.63) is 64.4 Å². The first-order chi connectivity index (χ1) is 10.5. The third-order valence-electron chi connectivity index (χ3n) is 2.85. The molecule has 0 radical (unpaired) electrons. The lowest BCUT2D eigenvalue weighted by atomic mass is 10.2. The number of hydrogen-bond donors (Lipinski definition) is 2. The molecule has 0 aliphatic carbocycles. The Balaban J connectivity index is 1.77. The minimum atomic E-state index is -0.472. The molecule has 0 aliphatic rings. The van der Waals surface area contributed by atoms with Gasteiger partial charge in [0, 0.05) is 28.7 Å². The molecule has 0 spiro atoms. The summed E-state index contributed by atoms with van der Waals surface area (Å²) in [6.45, 7) is 0.178. The van der Waals surface area contributed by atoms with E-state index in [4.69, 9.17) is 0 Å². The largest absolute Gasteiger partial charge is 0.352 e. The molecule has 114 valence electrons. The van der Waals surface area contributed by atoms with Crippen molar-refractivity contribution in [2.75, 3.05) is 11.9 Å². The van der Waals surface area contributed by atoms with Gasteiger partial charge in [-0.1, -0.05) is 22.0 Å². The second-order valence-electron chi connectivity index (χ2n) is 4.57. The van der Waals surface area contributed by atoms with E-state index in [-0.39, 0.29) is 24.4 Å². The molecule has 0 aliphatic heterocycles. The van der Waals surface area contributed by atoms with Crippen LogP contribution in [0.3, 0.4) is 0 Å². The first-order valence-electron chi connectivity index (χ1n) is 6.64. The number of carbonyl (C=O) groups is 2. The van der Waals surface area contributed by atoms with Crippen LogP contribution in [0.4, 0.5) is 10.1 Å². The van der Waals surface area contributed by atoms with E-state index in [1.165, 1.54) is 18.2 Å². The Morgan fingerprint density at radius 3 is 2.50 bits per heavy atom. The van der Waals surface area contributed by atoms with Crippen molar-refractivity contribution in [2.24, 2.45) is 0 Å². The first kappa shape index (κ1) is 16.2. The third kappa shape index (κ3) is 4.96. The summed E-state index contributed by atoms with van der Waals surface area (Å²) < 4.78 is 13.9. The van der Waals surface area contributed by atoms with Gasteiger partial charge in [0.2, 0.25) is 5.91 Å². The summed E-state index contributed by atoms with van der Waals surface area (Å²) in [6.07, 6.45) is 0.136. The Labute approximate surface area is 135 Å². The fourth-order valence-electron chi connectivity index (χ4n) is 1.78. The Bertz CT molecular complexity index is 674. The van der Waals surface area contributed by atoms with E-state index >= 15 is 0 Å². The maximum atomic E-state index is 13.0. The predicted octanol–water partition coefficient (Wildman–Crippen LogP) is 3.35. The van der Waals surface area contributed by atoms with Gasteiger partial charge in [-0.3, -0.25) is 9.59 Å². The van der Waals surface area contributed by atoms with Crippen molar-refractivity contribution >= 4 is 33.4 Å². The molecule has 2 N–H and O–H groups in total. The Morgan fingerprint density at radius 1 is 1.09 bits per heavy atom. The molecule has 2 rings (SSSR count). The van der Waals surface area contributed by atoms with Crippen LogP contribution >= 0.6 is 15.9 Å². The van der Waals surface area contributed by atoms with Gasteiger partial charge in [-0.15, -0.1) is 0 Å². The molecule has 2 amide bonds. The smallest absolute Gasteiger partial charge is 0.251 e. The standard InChI is InChI=1S/C16H14BrFN2O2/c17-12-4-6-14(7-5-12)20-15(21)8-9-19-16(22)11-2-1-3-13(18)10-11/h1-7,10H,8-9H2,(H,19,22)(H,20,21). The summed E-state index contributed by atoms with van der Waals surface area (Å²) in [5.41, 5.74) is 0.915. The number of amides is 2. The quantitative estimate of drug-likeness (QED) is 0.854. The second kappa shape index (κ2) is 7.70. The number of halogens is 2. The molecule has 0 bridgehead atoms. The summed E-state index contributed by atoms with van der Waals surface area (Å²) in [5.74, 6) is -1.08. The highest BCUT2D eigenvalue weighted by Gasteiger charge is 2.07. The molecule has 0 aromatic heterocycles. The number of nitrogens with one attached hydrogen (secondary N) is 2. The molecule has 0 heterocycles. The average Bonchev–Trinajstić information content (AvgIpc) is 2.49. The second-order valence-corrected chi connectivity index (χ2v) is 5.49. The topological polar surface area (TPSA) is 58.2 Å². The lowest BCUT2D eigenvalue weighted by Gasteiger charge is -2.07. The fourth-order valence-corrected chi connectivity index (χ4v) is 2.04.